The minimum atomic E-state index is -0.966. The Hall–Kier alpha value is -3.06. The molecule has 3 N–H and O–H groups in total. The Kier molecular flexibility index (Phi) is 6.27. The van der Waals surface area contributed by atoms with Gasteiger partial charge in [0.05, 0.1) is 18.8 Å². The molecular weight excluding hydrogens is 346 g/mol. The summed E-state index contributed by atoms with van der Waals surface area (Å²) in [5, 5.41) is 14.5. The van der Waals surface area contributed by atoms with Crippen LogP contribution in [0, 0.1) is 0 Å². The van der Waals surface area contributed by atoms with Gasteiger partial charge in [-0.25, -0.2) is 9.59 Å². The fourth-order valence-corrected chi connectivity index (χ4v) is 2.88. The summed E-state index contributed by atoms with van der Waals surface area (Å²) in [6.07, 6.45) is 0. The highest BCUT2D eigenvalue weighted by Crippen LogP contribution is 2.17. The minimum Gasteiger partial charge on any atom is -0.478 e. The van der Waals surface area contributed by atoms with Crippen LogP contribution in [-0.4, -0.2) is 43.4 Å². The number of carboxylic acids is 1. The number of rotatable bonds is 6. The van der Waals surface area contributed by atoms with E-state index in [1.54, 1.807) is 12.1 Å². The molecule has 1 saturated heterocycles. The van der Waals surface area contributed by atoms with E-state index < -0.39 is 5.97 Å². The third-order valence-corrected chi connectivity index (χ3v) is 4.39. The van der Waals surface area contributed by atoms with Gasteiger partial charge in [-0.2, -0.15) is 0 Å². The standard InChI is InChI=1S/C20H23N3O4/c24-19(25)17-6-4-15(5-7-17)13-21-20(26)22-14-16-2-1-3-18(12-16)23-8-10-27-11-9-23/h1-7,12H,8-11,13-14H2,(H,24,25)(H2,21,22,26). The van der Waals surface area contributed by atoms with Gasteiger partial charge in [0.2, 0.25) is 0 Å². The zero-order valence-corrected chi connectivity index (χ0v) is 15.0. The van der Waals surface area contributed by atoms with Crippen molar-refractivity contribution in [3.63, 3.8) is 0 Å². The molecule has 0 radical (unpaired) electrons. The number of ether oxygens (including phenoxy) is 1. The lowest BCUT2D eigenvalue weighted by Gasteiger charge is -2.29. The van der Waals surface area contributed by atoms with Crippen molar-refractivity contribution in [2.24, 2.45) is 0 Å². The van der Waals surface area contributed by atoms with E-state index in [-0.39, 0.29) is 11.6 Å². The van der Waals surface area contributed by atoms with Crippen LogP contribution in [0.2, 0.25) is 0 Å². The highest BCUT2D eigenvalue weighted by molar-refractivity contribution is 5.87. The molecule has 0 aromatic heterocycles. The highest BCUT2D eigenvalue weighted by Gasteiger charge is 2.11. The number of anilines is 1. The van der Waals surface area contributed by atoms with Gasteiger partial charge in [-0.3, -0.25) is 0 Å². The second-order valence-electron chi connectivity index (χ2n) is 6.31. The van der Waals surface area contributed by atoms with Crippen molar-refractivity contribution in [2.75, 3.05) is 31.2 Å². The SMILES string of the molecule is O=C(NCc1ccc(C(=O)O)cc1)NCc1cccc(N2CCOCC2)c1. The lowest BCUT2D eigenvalue weighted by Crippen LogP contribution is -2.36. The van der Waals surface area contributed by atoms with Crippen molar-refractivity contribution in [3.05, 3.63) is 65.2 Å². The van der Waals surface area contributed by atoms with Crippen LogP contribution < -0.4 is 15.5 Å². The largest absolute Gasteiger partial charge is 0.478 e. The smallest absolute Gasteiger partial charge is 0.335 e. The predicted molar refractivity (Wildman–Crippen MR) is 102 cm³/mol. The number of nitrogens with one attached hydrogen (secondary N) is 2. The summed E-state index contributed by atoms with van der Waals surface area (Å²) in [6, 6.07) is 14.3. The molecule has 142 valence electrons. The molecule has 27 heavy (non-hydrogen) atoms. The van der Waals surface area contributed by atoms with Crippen LogP contribution in [-0.2, 0) is 17.8 Å². The molecule has 0 bridgehead atoms. The van der Waals surface area contributed by atoms with Crippen LogP contribution in [0.15, 0.2) is 48.5 Å². The molecule has 3 rings (SSSR count). The Bertz CT molecular complexity index is 786. The van der Waals surface area contributed by atoms with Gasteiger partial charge in [-0.15, -0.1) is 0 Å². The van der Waals surface area contributed by atoms with E-state index in [0.717, 1.165) is 43.1 Å². The average Bonchev–Trinajstić information content (AvgIpc) is 2.72. The number of amides is 2. The van der Waals surface area contributed by atoms with Gasteiger partial charge in [0.1, 0.15) is 0 Å². The number of morpholine rings is 1. The number of urea groups is 1. The summed E-state index contributed by atoms with van der Waals surface area (Å²) in [6.45, 7) is 3.98. The molecule has 1 fully saturated rings. The van der Waals surface area contributed by atoms with E-state index in [2.05, 4.69) is 27.7 Å². The van der Waals surface area contributed by atoms with Crippen LogP contribution in [0.3, 0.4) is 0 Å². The number of nitrogens with zero attached hydrogens (tertiary/aromatic N) is 1. The number of benzene rings is 2. The monoisotopic (exact) mass is 369 g/mol. The Morgan fingerprint density at radius 3 is 2.30 bits per heavy atom. The first-order chi connectivity index (χ1) is 13.1. The second-order valence-corrected chi connectivity index (χ2v) is 6.31. The lowest BCUT2D eigenvalue weighted by atomic mass is 10.1. The van der Waals surface area contributed by atoms with Crippen molar-refractivity contribution in [1.82, 2.24) is 10.6 Å². The van der Waals surface area contributed by atoms with Crippen LogP contribution >= 0.6 is 0 Å². The number of carboxylic acid groups (broad SMARTS) is 1. The van der Waals surface area contributed by atoms with Gasteiger partial charge >= 0.3 is 12.0 Å². The molecule has 0 saturated carbocycles. The molecule has 0 aliphatic carbocycles. The summed E-state index contributed by atoms with van der Waals surface area (Å²) in [4.78, 5) is 25.1. The molecule has 1 aliphatic heterocycles. The quantitative estimate of drug-likeness (QED) is 0.726. The Morgan fingerprint density at radius 2 is 1.63 bits per heavy atom. The van der Waals surface area contributed by atoms with E-state index in [0.29, 0.717) is 13.1 Å². The number of carbonyl (C=O) groups excluding carboxylic acids is 1. The second kappa shape index (κ2) is 9.05. The molecule has 2 aromatic rings. The Morgan fingerprint density at radius 1 is 0.963 bits per heavy atom. The topological polar surface area (TPSA) is 90.9 Å². The molecule has 0 atom stereocenters. The zero-order chi connectivity index (χ0) is 19.1. The maximum atomic E-state index is 12.0. The van der Waals surface area contributed by atoms with E-state index in [9.17, 15) is 9.59 Å². The summed E-state index contributed by atoms with van der Waals surface area (Å²) < 4.78 is 5.38. The van der Waals surface area contributed by atoms with E-state index in [1.807, 2.05) is 12.1 Å². The zero-order valence-electron chi connectivity index (χ0n) is 15.0. The Balaban J connectivity index is 1.46. The molecule has 7 heteroatoms. The first-order valence-electron chi connectivity index (χ1n) is 8.87. The predicted octanol–water partition coefficient (Wildman–Crippen LogP) is 2.22. The van der Waals surface area contributed by atoms with Crippen LogP contribution in [0.1, 0.15) is 21.5 Å². The van der Waals surface area contributed by atoms with Gasteiger partial charge in [-0.1, -0.05) is 24.3 Å². The van der Waals surface area contributed by atoms with Crippen LogP contribution in [0.5, 0.6) is 0 Å². The van der Waals surface area contributed by atoms with Crippen LogP contribution in [0.4, 0.5) is 10.5 Å². The number of hydrogen-bond acceptors (Lipinski definition) is 4. The third kappa shape index (κ3) is 5.46. The Labute approximate surface area is 157 Å². The minimum absolute atomic E-state index is 0.225. The number of aromatic carboxylic acids is 1. The maximum absolute atomic E-state index is 12.0. The first-order valence-corrected chi connectivity index (χ1v) is 8.87. The molecule has 7 nitrogen and oxygen atoms in total. The van der Waals surface area contributed by atoms with Gasteiger partial charge in [0.15, 0.2) is 0 Å². The summed E-state index contributed by atoms with van der Waals surface area (Å²) in [5.41, 5.74) is 3.23. The molecule has 1 aliphatic rings. The van der Waals surface area contributed by atoms with E-state index in [1.165, 1.54) is 12.1 Å². The number of carbonyl (C=O) groups is 2. The van der Waals surface area contributed by atoms with Crippen molar-refractivity contribution in [1.29, 1.82) is 0 Å². The summed E-state index contributed by atoms with van der Waals surface area (Å²) in [5.74, 6) is -0.966. The van der Waals surface area contributed by atoms with E-state index in [4.69, 9.17) is 9.84 Å². The third-order valence-electron chi connectivity index (χ3n) is 4.39. The van der Waals surface area contributed by atoms with E-state index >= 15 is 0 Å². The van der Waals surface area contributed by atoms with Gasteiger partial charge in [0, 0.05) is 31.9 Å². The molecule has 1 heterocycles. The summed E-state index contributed by atoms with van der Waals surface area (Å²) in [7, 11) is 0. The first kappa shape index (κ1) is 18.7. The van der Waals surface area contributed by atoms with Gasteiger partial charge in [-0.05, 0) is 35.4 Å². The number of hydrogen-bond donors (Lipinski definition) is 3. The van der Waals surface area contributed by atoms with Crippen LogP contribution in [0.25, 0.3) is 0 Å². The molecule has 0 spiro atoms. The molecule has 0 unspecified atom stereocenters. The fraction of sp³-hybridized carbons (Fsp3) is 0.300. The van der Waals surface area contributed by atoms with Crippen molar-refractivity contribution in [2.45, 2.75) is 13.1 Å². The molecular formula is C20H23N3O4. The van der Waals surface area contributed by atoms with Crippen molar-refractivity contribution >= 4 is 17.7 Å². The average molecular weight is 369 g/mol. The van der Waals surface area contributed by atoms with Gasteiger partial charge in [0.25, 0.3) is 0 Å². The van der Waals surface area contributed by atoms with Crippen molar-refractivity contribution in [3.8, 4) is 0 Å². The highest BCUT2D eigenvalue weighted by atomic mass is 16.5. The van der Waals surface area contributed by atoms with Gasteiger partial charge < -0.3 is 25.4 Å². The fourth-order valence-electron chi connectivity index (χ4n) is 2.88. The normalized spacial score (nSPS) is 13.9. The maximum Gasteiger partial charge on any atom is 0.335 e. The molecule has 2 amide bonds. The van der Waals surface area contributed by atoms with Crippen molar-refractivity contribution < 1.29 is 19.4 Å². The molecule has 2 aromatic carbocycles. The summed E-state index contributed by atoms with van der Waals surface area (Å²) >= 11 is 0. The lowest BCUT2D eigenvalue weighted by molar-refractivity contribution is 0.0697.